The van der Waals surface area contributed by atoms with E-state index in [1.165, 1.54) is 25.1 Å². The average molecular weight is 604 g/mol. The predicted molar refractivity (Wildman–Crippen MR) is 143 cm³/mol. The molecule has 1 aliphatic rings. The fourth-order valence-corrected chi connectivity index (χ4v) is 6.46. The van der Waals surface area contributed by atoms with Crippen LogP contribution in [0.3, 0.4) is 0 Å². The summed E-state index contributed by atoms with van der Waals surface area (Å²) in [5, 5.41) is 0.844. The molecule has 1 fully saturated rings. The van der Waals surface area contributed by atoms with Gasteiger partial charge in [-0.2, -0.15) is 0 Å². The maximum atomic E-state index is 13.4. The van der Waals surface area contributed by atoms with E-state index >= 15 is 0 Å². The Hall–Kier alpha value is -1.69. The Kier molecular flexibility index (Phi) is 7.80. The molecular formula is C23H25BrCl2N4O4S. The van der Waals surface area contributed by atoms with Crippen molar-refractivity contribution in [3.05, 3.63) is 70.7 Å². The van der Waals surface area contributed by atoms with E-state index in [9.17, 15) is 18.0 Å². The molecule has 0 radical (unpaired) electrons. The summed E-state index contributed by atoms with van der Waals surface area (Å²) in [5.41, 5.74) is 0.0676. The Morgan fingerprint density at radius 2 is 1.74 bits per heavy atom. The van der Waals surface area contributed by atoms with Crippen LogP contribution >= 0.6 is 39.1 Å². The van der Waals surface area contributed by atoms with Gasteiger partial charge >= 0.3 is 5.69 Å². The molecule has 1 aromatic heterocycles. The van der Waals surface area contributed by atoms with Crippen LogP contribution in [-0.4, -0.2) is 66.7 Å². The van der Waals surface area contributed by atoms with Gasteiger partial charge in [-0.3, -0.25) is 14.3 Å². The summed E-state index contributed by atoms with van der Waals surface area (Å²) >= 11 is 16.3. The van der Waals surface area contributed by atoms with Crippen LogP contribution in [0, 0.1) is 0 Å². The molecule has 188 valence electrons. The van der Waals surface area contributed by atoms with Gasteiger partial charge < -0.3 is 9.88 Å². The third kappa shape index (κ3) is 5.38. The van der Waals surface area contributed by atoms with Crippen molar-refractivity contribution in [3.8, 4) is 0 Å². The van der Waals surface area contributed by atoms with Crippen molar-refractivity contribution in [2.24, 2.45) is 0 Å². The molecule has 0 bridgehead atoms. The number of rotatable bonds is 6. The second kappa shape index (κ2) is 10.4. The first-order chi connectivity index (χ1) is 16.5. The lowest BCUT2D eigenvalue weighted by molar-refractivity contribution is 0.148. The van der Waals surface area contributed by atoms with Crippen LogP contribution in [0.25, 0.3) is 10.9 Å². The number of likely N-dealkylation sites (N-methyl/N-ethyl adjacent to an activating group) is 1. The van der Waals surface area contributed by atoms with Crippen LogP contribution in [0.4, 0.5) is 0 Å². The summed E-state index contributed by atoms with van der Waals surface area (Å²) in [6.07, 6.45) is 0. The van der Waals surface area contributed by atoms with E-state index in [1.807, 2.05) is 0 Å². The van der Waals surface area contributed by atoms with Crippen LogP contribution in [0.15, 0.2) is 43.2 Å². The van der Waals surface area contributed by atoms with Crippen molar-refractivity contribution >= 4 is 59.9 Å². The molecule has 0 spiro atoms. The molecule has 0 aliphatic carbocycles. The number of H-pyrrole nitrogens is 1. The second-order valence-corrected chi connectivity index (χ2v) is 12.5. The zero-order chi connectivity index (χ0) is 25.5. The molecule has 0 saturated carbocycles. The lowest BCUT2D eigenvalue weighted by atomic mass is 10.1. The van der Waals surface area contributed by atoms with E-state index in [0.29, 0.717) is 21.1 Å². The fraction of sp³-hybridized carbons (Fsp3) is 0.391. The minimum atomic E-state index is -3.59. The van der Waals surface area contributed by atoms with Crippen LogP contribution in [0.5, 0.6) is 0 Å². The highest BCUT2D eigenvalue weighted by atomic mass is 79.9. The summed E-state index contributed by atoms with van der Waals surface area (Å²) in [6, 6.07) is 5.99. The average Bonchev–Trinajstić information content (AvgIpc) is 2.81. The monoisotopic (exact) mass is 602 g/mol. The number of piperazine rings is 1. The molecular weight excluding hydrogens is 579 g/mol. The molecule has 2 aromatic carbocycles. The number of aromatic nitrogens is 2. The Balaban J connectivity index is 1.79. The topological polar surface area (TPSA) is 95.5 Å². The third-order valence-electron chi connectivity index (χ3n) is 6.31. The highest BCUT2D eigenvalue weighted by Crippen LogP contribution is 2.32. The van der Waals surface area contributed by atoms with Gasteiger partial charge in [0.1, 0.15) is 0 Å². The summed E-state index contributed by atoms with van der Waals surface area (Å²) in [7, 11) is -1.51. The minimum absolute atomic E-state index is 0.0394. The van der Waals surface area contributed by atoms with Gasteiger partial charge in [0, 0.05) is 47.8 Å². The fourth-order valence-electron chi connectivity index (χ4n) is 4.18. The Morgan fingerprint density at radius 1 is 1.06 bits per heavy atom. The Bertz CT molecular complexity index is 1510. The zero-order valence-corrected chi connectivity index (χ0v) is 23.2. The van der Waals surface area contributed by atoms with E-state index in [4.69, 9.17) is 23.2 Å². The van der Waals surface area contributed by atoms with E-state index in [-0.39, 0.29) is 33.7 Å². The number of fused-ring (bicyclic) bond motifs is 1. The largest absolute Gasteiger partial charge is 0.329 e. The molecule has 4 rings (SSSR count). The summed E-state index contributed by atoms with van der Waals surface area (Å²) in [6.45, 7) is 5.53. The van der Waals surface area contributed by atoms with E-state index in [2.05, 4.69) is 37.8 Å². The van der Waals surface area contributed by atoms with Gasteiger partial charge in [0.05, 0.1) is 33.1 Å². The highest BCUT2D eigenvalue weighted by Gasteiger charge is 2.22. The van der Waals surface area contributed by atoms with Gasteiger partial charge in [-0.05, 0) is 36.9 Å². The van der Waals surface area contributed by atoms with Crippen LogP contribution in [0.2, 0.25) is 10.0 Å². The maximum absolute atomic E-state index is 13.4. The minimum Gasteiger partial charge on any atom is -0.305 e. The van der Waals surface area contributed by atoms with Crippen molar-refractivity contribution in [2.75, 3.05) is 39.0 Å². The number of hydrogen-bond donors (Lipinski definition) is 1. The number of hydrogen-bond acceptors (Lipinski definition) is 6. The van der Waals surface area contributed by atoms with Gasteiger partial charge in [0.2, 0.25) is 0 Å². The SMILES string of the molecule is CCS(=O)(=O)c1ccc(Cl)cc1Cn1c(=O)[nH]c2c(Cl)c(CN3CCN(C)CC3)c(Br)cc2c1=O. The molecule has 1 N–H and O–H groups in total. The van der Waals surface area contributed by atoms with Crippen LogP contribution < -0.4 is 11.2 Å². The normalized spacial score (nSPS) is 15.7. The molecule has 2 heterocycles. The van der Waals surface area contributed by atoms with Gasteiger partial charge in [0.15, 0.2) is 9.84 Å². The van der Waals surface area contributed by atoms with E-state index in [0.717, 1.165) is 36.3 Å². The molecule has 1 aliphatic heterocycles. The van der Waals surface area contributed by atoms with E-state index in [1.54, 1.807) is 6.07 Å². The van der Waals surface area contributed by atoms with Crippen LogP contribution in [0.1, 0.15) is 18.1 Å². The molecule has 1 saturated heterocycles. The summed E-state index contributed by atoms with van der Waals surface area (Å²) in [5.74, 6) is -0.122. The molecule has 12 heteroatoms. The highest BCUT2D eigenvalue weighted by molar-refractivity contribution is 9.10. The molecule has 3 aromatic rings. The second-order valence-electron chi connectivity index (χ2n) is 8.63. The van der Waals surface area contributed by atoms with Gasteiger partial charge in [0.25, 0.3) is 5.56 Å². The van der Waals surface area contributed by atoms with Gasteiger partial charge in [-0.25, -0.2) is 13.2 Å². The predicted octanol–water partition coefficient (Wildman–Crippen LogP) is 3.35. The van der Waals surface area contributed by atoms with Crippen molar-refractivity contribution in [3.63, 3.8) is 0 Å². The first kappa shape index (κ1) is 26.4. The number of halogens is 3. The molecule has 0 amide bonds. The molecule has 0 atom stereocenters. The Morgan fingerprint density at radius 3 is 2.40 bits per heavy atom. The standard InChI is InChI=1S/C23H25BrCl2N4O4S/c1-3-35(33,34)19-5-4-15(25)10-14(19)12-30-22(31)16-11-18(24)17(20(26)21(16)27-23(30)32)13-29-8-6-28(2)7-9-29/h4-5,10-11H,3,6-9,12-13H2,1-2H3,(H,27,32). The van der Waals surface area contributed by atoms with E-state index < -0.39 is 21.1 Å². The van der Waals surface area contributed by atoms with Gasteiger partial charge in [-0.15, -0.1) is 0 Å². The van der Waals surface area contributed by atoms with Crippen molar-refractivity contribution < 1.29 is 8.42 Å². The lowest BCUT2D eigenvalue weighted by Crippen LogP contribution is -2.44. The number of benzene rings is 2. The molecule has 8 nitrogen and oxygen atoms in total. The van der Waals surface area contributed by atoms with Crippen molar-refractivity contribution in [1.82, 2.24) is 19.4 Å². The van der Waals surface area contributed by atoms with Crippen molar-refractivity contribution in [2.45, 2.75) is 24.9 Å². The smallest absolute Gasteiger partial charge is 0.305 e. The first-order valence-electron chi connectivity index (χ1n) is 11.1. The quantitative estimate of drug-likeness (QED) is 0.464. The number of aromatic amines is 1. The Labute approximate surface area is 221 Å². The number of nitrogens with one attached hydrogen (secondary N) is 1. The first-order valence-corrected chi connectivity index (χ1v) is 14.3. The van der Waals surface area contributed by atoms with Crippen molar-refractivity contribution in [1.29, 1.82) is 0 Å². The molecule has 35 heavy (non-hydrogen) atoms. The van der Waals surface area contributed by atoms with Crippen LogP contribution in [-0.2, 0) is 22.9 Å². The zero-order valence-electron chi connectivity index (χ0n) is 19.3. The number of nitrogens with zero attached hydrogens (tertiary/aromatic N) is 3. The summed E-state index contributed by atoms with van der Waals surface area (Å²) < 4.78 is 26.8. The lowest BCUT2D eigenvalue weighted by Gasteiger charge is -2.32. The molecule has 0 unspecified atom stereocenters. The summed E-state index contributed by atoms with van der Waals surface area (Å²) in [4.78, 5) is 33.7. The van der Waals surface area contributed by atoms with Gasteiger partial charge in [-0.1, -0.05) is 46.1 Å². The maximum Gasteiger partial charge on any atom is 0.329 e. The number of sulfone groups is 1. The third-order valence-corrected chi connectivity index (χ3v) is 9.50.